The Balaban J connectivity index is 3.39. The summed E-state index contributed by atoms with van der Waals surface area (Å²) in [4.78, 5) is -0.326. The maximum absolute atomic E-state index is 14.2. The van der Waals surface area contributed by atoms with Crippen LogP contribution in [-0.4, -0.2) is 25.8 Å². The lowest BCUT2D eigenvalue weighted by Gasteiger charge is -2.20. The molecule has 0 aliphatic rings. The molecule has 3 nitrogen and oxygen atoms in total. The second-order valence-electron chi connectivity index (χ2n) is 4.01. The Bertz CT molecular complexity index is 551. The van der Waals surface area contributed by atoms with Crippen LogP contribution < -0.4 is 0 Å². The highest BCUT2D eigenvalue weighted by Gasteiger charge is 2.27. The average Bonchev–Trinajstić information content (AvgIpc) is 2.37. The fourth-order valence-electron chi connectivity index (χ4n) is 1.74. The molecule has 0 aliphatic carbocycles. The van der Waals surface area contributed by atoms with Gasteiger partial charge in [0, 0.05) is 23.1 Å². The van der Waals surface area contributed by atoms with Gasteiger partial charge in [0.05, 0.1) is 5.88 Å². The van der Waals surface area contributed by atoms with Gasteiger partial charge in [-0.2, -0.15) is 4.31 Å². The summed E-state index contributed by atoms with van der Waals surface area (Å²) in [5.74, 6) is -0.846. The Kier molecular flexibility index (Phi) is 6.23. The highest BCUT2D eigenvalue weighted by atomic mass is 79.9. The molecule has 7 heteroatoms. The van der Waals surface area contributed by atoms with Crippen molar-refractivity contribution < 1.29 is 12.8 Å². The zero-order valence-electron chi connectivity index (χ0n) is 10.8. The van der Waals surface area contributed by atoms with Crippen LogP contribution in [0.3, 0.4) is 0 Å². The molecule has 1 aromatic carbocycles. The van der Waals surface area contributed by atoms with Gasteiger partial charge in [-0.25, -0.2) is 12.8 Å². The van der Waals surface area contributed by atoms with Gasteiger partial charge in [-0.05, 0) is 18.6 Å². The summed E-state index contributed by atoms with van der Waals surface area (Å²) in [7, 11) is -3.83. The van der Waals surface area contributed by atoms with Gasteiger partial charge in [0.25, 0.3) is 0 Å². The second-order valence-corrected chi connectivity index (χ2v) is 7.10. The smallest absolute Gasteiger partial charge is 0.207 e. The third kappa shape index (κ3) is 3.68. The van der Waals surface area contributed by atoms with E-state index in [0.717, 1.165) is 0 Å². The molecule has 0 aromatic heterocycles. The first-order valence-electron chi connectivity index (χ1n) is 5.92. The Labute approximate surface area is 126 Å². The number of halogens is 3. The topological polar surface area (TPSA) is 37.4 Å². The molecule has 1 rings (SSSR count). The quantitative estimate of drug-likeness (QED) is 0.713. The first-order valence-corrected chi connectivity index (χ1v) is 8.69. The van der Waals surface area contributed by atoms with Gasteiger partial charge in [0.15, 0.2) is 0 Å². The normalized spacial score (nSPS) is 12.1. The number of hydrogen-bond acceptors (Lipinski definition) is 2. The lowest BCUT2D eigenvalue weighted by molar-refractivity contribution is 0.422. The molecular formula is C12H16BrClFNO2S. The van der Waals surface area contributed by atoms with E-state index >= 15 is 0 Å². The van der Waals surface area contributed by atoms with E-state index in [1.807, 2.05) is 6.92 Å². The van der Waals surface area contributed by atoms with Gasteiger partial charge in [-0.3, -0.25) is 0 Å². The van der Waals surface area contributed by atoms with Crippen LogP contribution in [-0.2, 0) is 15.9 Å². The van der Waals surface area contributed by atoms with E-state index in [1.54, 1.807) is 6.92 Å². The third-order valence-corrected chi connectivity index (χ3v) is 5.39. The van der Waals surface area contributed by atoms with Crippen LogP contribution in [0, 0.1) is 5.82 Å². The Morgan fingerprint density at radius 2 is 2.00 bits per heavy atom. The van der Waals surface area contributed by atoms with E-state index in [4.69, 9.17) is 11.6 Å². The van der Waals surface area contributed by atoms with Crippen LogP contribution in [0.2, 0.25) is 0 Å². The summed E-state index contributed by atoms with van der Waals surface area (Å²) in [6, 6.07) is 2.76. The van der Waals surface area contributed by atoms with Crippen molar-refractivity contribution in [2.75, 3.05) is 13.1 Å². The molecule has 0 saturated heterocycles. The molecule has 0 radical (unpaired) electrons. The summed E-state index contributed by atoms with van der Waals surface area (Å²) in [5, 5.41) is 0. The molecule has 0 heterocycles. The Morgan fingerprint density at radius 3 is 2.47 bits per heavy atom. The minimum Gasteiger partial charge on any atom is -0.207 e. The van der Waals surface area contributed by atoms with E-state index in [0.29, 0.717) is 24.0 Å². The standard InChI is InChI=1S/C12H16BrClFNO2S/c1-3-5-16(4-2)19(17,18)11-7-10(13)6-9(8-14)12(11)15/h6-7H,3-5,8H2,1-2H3. The summed E-state index contributed by atoms with van der Waals surface area (Å²) in [5.41, 5.74) is 0.169. The zero-order valence-corrected chi connectivity index (χ0v) is 13.9. The first-order chi connectivity index (χ1) is 8.88. The van der Waals surface area contributed by atoms with Crippen molar-refractivity contribution in [1.82, 2.24) is 4.31 Å². The maximum Gasteiger partial charge on any atom is 0.246 e. The fraction of sp³-hybridized carbons (Fsp3) is 0.500. The molecule has 19 heavy (non-hydrogen) atoms. The Hall–Kier alpha value is -0.170. The lowest BCUT2D eigenvalue weighted by atomic mass is 10.2. The molecule has 0 amide bonds. The lowest BCUT2D eigenvalue weighted by Crippen LogP contribution is -2.32. The van der Waals surface area contributed by atoms with Gasteiger partial charge < -0.3 is 0 Å². The molecule has 0 saturated carbocycles. The molecule has 1 aromatic rings. The van der Waals surface area contributed by atoms with Crippen LogP contribution in [0.15, 0.2) is 21.5 Å². The summed E-state index contributed by atoms with van der Waals surface area (Å²) in [6.07, 6.45) is 0.672. The van der Waals surface area contributed by atoms with Crippen LogP contribution in [0.25, 0.3) is 0 Å². The van der Waals surface area contributed by atoms with Gasteiger partial charge in [-0.15, -0.1) is 11.6 Å². The molecule has 0 atom stereocenters. The van der Waals surface area contributed by atoms with E-state index < -0.39 is 15.8 Å². The molecule has 0 unspecified atom stereocenters. The van der Waals surface area contributed by atoms with Crippen LogP contribution in [0.1, 0.15) is 25.8 Å². The molecule has 0 N–H and O–H groups in total. The minimum absolute atomic E-state index is 0.0757. The van der Waals surface area contributed by atoms with Gasteiger partial charge >= 0.3 is 0 Å². The molecule has 0 spiro atoms. The number of rotatable bonds is 6. The van der Waals surface area contributed by atoms with Crippen molar-refractivity contribution in [3.8, 4) is 0 Å². The number of nitrogens with zero attached hydrogens (tertiary/aromatic N) is 1. The van der Waals surface area contributed by atoms with Crippen molar-refractivity contribution in [2.24, 2.45) is 0 Å². The molecular weight excluding hydrogens is 357 g/mol. The number of benzene rings is 1. The van der Waals surface area contributed by atoms with E-state index in [-0.39, 0.29) is 16.3 Å². The van der Waals surface area contributed by atoms with Crippen LogP contribution in [0.5, 0.6) is 0 Å². The van der Waals surface area contributed by atoms with E-state index in [1.165, 1.54) is 16.4 Å². The van der Waals surface area contributed by atoms with Crippen LogP contribution >= 0.6 is 27.5 Å². The maximum atomic E-state index is 14.2. The fourth-order valence-corrected chi connectivity index (χ4v) is 4.27. The van der Waals surface area contributed by atoms with Gasteiger partial charge in [0.1, 0.15) is 10.7 Å². The second kappa shape index (κ2) is 7.02. The average molecular weight is 373 g/mol. The highest BCUT2D eigenvalue weighted by Crippen LogP contribution is 2.27. The predicted molar refractivity (Wildman–Crippen MR) is 78.4 cm³/mol. The largest absolute Gasteiger partial charge is 0.246 e. The highest BCUT2D eigenvalue weighted by molar-refractivity contribution is 9.10. The third-order valence-electron chi connectivity index (χ3n) is 2.67. The van der Waals surface area contributed by atoms with Crippen molar-refractivity contribution in [3.63, 3.8) is 0 Å². The SMILES string of the molecule is CCCN(CC)S(=O)(=O)c1cc(Br)cc(CCl)c1F. The van der Waals surface area contributed by atoms with Crippen LogP contribution in [0.4, 0.5) is 4.39 Å². The molecule has 0 aliphatic heterocycles. The summed E-state index contributed by atoms with van der Waals surface area (Å²) >= 11 is 8.81. The number of sulfonamides is 1. The molecule has 0 bridgehead atoms. The van der Waals surface area contributed by atoms with E-state index in [9.17, 15) is 12.8 Å². The molecule has 0 fully saturated rings. The first kappa shape index (κ1) is 16.9. The van der Waals surface area contributed by atoms with Crippen molar-refractivity contribution in [1.29, 1.82) is 0 Å². The predicted octanol–water partition coefficient (Wildman–Crippen LogP) is 3.75. The van der Waals surface area contributed by atoms with Gasteiger partial charge in [-0.1, -0.05) is 29.8 Å². The van der Waals surface area contributed by atoms with E-state index in [2.05, 4.69) is 15.9 Å². The minimum atomic E-state index is -3.83. The monoisotopic (exact) mass is 371 g/mol. The zero-order chi connectivity index (χ0) is 14.6. The summed E-state index contributed by atoms with van der Waals surface area (Å²) < 4.78 is 40.8. The molecule has 108 valence electrons. The Morgan fingerprint density at radius 1 is 1.37 bits per heavy atom. The number of alkyl halides is 1. The van der Waals surface area contributed by atoms with Gasteiger partial charge in [0.2, 0.25) is 10.0 Å². The van der Waals surface area contributed by atoms with Crippen molar-refractivity contribution >= 4 is 37.6 Å². The summed E-state index contributed by atoms with van der Waals surface area (Å²) in [6.45, 7) is 4.27. The number of hydrogen-bond donors (Lipinski definition) is 0. The van der Waals surface area contributed by atoms with Crippen molar-refractivity contribution in [3.05, 3.63) is 28.0 Å². The van der Waals surface area contributed by atoms with Crippen molar-refractivity contribution in [2.45, 2.75) is 31.0 Å².